The number of sulfonamides is 1. The second-order valence-electron chi connectivity index (χ2n) is 5.71. The van der Waals surface area contributed by atoms with Gasteiger partial charge in [-0.1, -0.05) is 48.0 Å². The van der Waals surface area contributed by atoms with E-state index in [1.165, 1.54) is 24.3 Å². The van der Waals surface area contributed by atoms with E-state index in [1.54, 1.807) is 30.3 Å². The van der Waals surface area contributed by atoms with E-state index in [4.69, 9.17) is 5.11 Å². The molecule has 2 aromatic rings. The van der Waals surface area contributed by atoms with Crippen LogP contribution in [0.3, 0.4) is 0 Å². The molecule has 9 heteroatoms. The lowest BCUT2D eigenvalue weighted by Crippen LogP contribution is -2.34. The summed E-state index contributed by atoms with van der Waals surface area (Å²) in [6.07, 6.45) is -0.780. The first-order valence-electron chi connectivity index (χ1n) is 7.86. The van der Waals surface area contributed by atoms with E-state index in [1.807, 2.05) is 6.92 Å². The number of aliphatic carboxylic acids is 2. The zero-order chi connectivity index (χ0) is 20.0. The number of rotatable bonds is 7. The van der Waals surface area contributed by atoms with Crippen molar-refractivity contribution in [3.05, 3.63) is 65.7 Å². The van der Waals surface area contributed by atoms with Crippen LogP contribution in [0.4, 0.5) is 0 Å². The molecule has 0 aliphatic rings. The number of carboxylic acid groups (broad SMARTS) is 2. The third kappa shape index (κ3) is 5.65. The molecule has 1 atom stereocenters. The van der Waals surface area contributed by atoms with Gasteiger partial charge in [0.2, 0.25) is 0 Å². The third-order valence-corrected chi connectivity index (χ3v) is 4.90. The van der Waals surface area contributed by atoms with Crippen molar-refractivity contribution in [1.29, 1.82) is 0 Å². The molecule has 0 saturated carbocycles. The number of carbonyl (C=O) groups is 2. The van der Waals surface area contributed by atoms with Gasteiger partial charge in [0.15, 0.2) is 6.04 Å². The van der Waals surface area contributed by atoms with Crippen LogP contribution in [-0.4, -0.2) is 42.4 Å². The van der Waals surface area contributed by atoms with E-state index in [-0.39, 0.29) is 10.7 Å². The average Bonchev–Trinajstić information content (AvgIpc) is 2.61. The third-order valence-electron chi connectivity index (χ3n) is 3.55. The van der Waals surface area contributed by atoms with Crippen molar-refractivity contribution < 1.29 is 28.2 Å². The lowest BCUT2D eigenvalue weighted by atomic mass is 10.2. The van der Waals surface area contributed by atoms with Crippen molar-refractivity contribution in [1.82, 2.24) is 4.72 Å². The van der Waals surface area contributed by atoms with Crippen molar-refractivity contribution in [2.24, 2.45) is 4.99 Å². The Labute approximate surface area is 156 Å². The predicted molar refractivity (Wildman–Crippen MR) is 98.2 cm³/mol. The topological polar surface area (TPSA) is 133 Å². The highest BCUT2D eigenvalue weighted by Gasteiger charge is 2.24. The van der Waals surface area contributed by atoms with Crippen molar-refractivity contribution in [2.75, 3.05) is 0 Å². The summed E-state index contributed by atoms with van der Waals surface area (Å²) in [6, 6.07) is 12.4. The van der Waals surface area contributed by atoms with Crippen molar-refractivity contribution in [3.63, 3.8) is 0 Å². The molecule has 8 nitrogen and oxygen atoms in total. The quantitative estimate of drug-likeness (QED) is 0.486. The Morgan fingerprint density at radius 2 is 1.63 bits per heavy atom. The summed E-state index contributed by atoms with van der Waals surface area (Å²) >= 11 is 0. The van der Waals surface area contributed by atoms with E-state index < -0.39 is 34.4 Å². The predicted octanol–water partition coefficient (Wildman–Crippen LogP) is 1.65. The maximum atomic E-state index is 12.6. The number of aryl methyl sites for hydroxylation is 1. The van der Waals surface area contributed by atoms with Gasteiger partial charge in [-0.2, -0.15) is 0 Å². The molecule has 0 heterocycles. The number of nitrogens with one attached hydrogen (secondary N) is 1. The van der Waals surface area contributed by atoms with E-state index in [0.29, 0.717) is 5.56 Å². The molecule has 0 fully saturated rings. The van der Waals surface area contributed by atoms with Gasteiger partial charge in [-0.15, -0.1) is 0 Å². The Bertz CT molecular complexity index is 953. The van der Waals surface area contributed by atoms with Crippen LogP contribution in [0.1, 0.15) is 17.5 Å². The molecule has 0 amide bonds. The molecule has 0 aromatic heterocycles. The molecule has 0 spiro atoms. The zero-order valence-corrected chi connectivity index (χ0v) is 15.2. The van der Waals surface area contributed by atoms with Crippen molar-refractivity contribution >= 4 is 27.8 Å². The molecule has 0 aliphatic carbocycles. The number of nitrogens with zero attached hydrogens (tertiary/aromatic N) is 1. The first kappa shape index (κ1) is 20.1. The zero-order valence-electron chi connectivity index (χ0n) is 14.4. The monoisotopic (exact) mass is 390 g/mol. The van der Waals surface area contributed by atoms with Gasteiger partial charge in [0.05, 0.1) is 11.3 Å². The first-order chi connectivity index (χ1) is 12.7. The molecule has 142 valence electrons. The highest BCUT2D eigenvalue weighted by molar-refractivity contribution is 7.90. The highest BCUT2D eigenvalue weighted by atomic mass is 32.2. The molecule has 0 saturated heterocycles. The second-order valence-corrected chi connectivity index (χ2v) is 7.40. The van der Waals surface area contributed by atoms with Crippen molar-refractivity contribution in [3.8, 4) is 0 Å². The van der Waals surface area contributed by atoms with Gasteiger partial charge < -0.3 is 10.2 Å². The molecule has 0 bridgehead atoms. The lowest BCUT2D eigenvalue weighted by molar-refractivity contribution is -0.144. The van der Waals surface area contributed by atoms with Gasteiger partial charge in [-0.05, 0) is 19.1 Å². The summed E-state index contributed by atoms with van der Waals surface area (Å²) in [7, 11) is -4.05. The Kier molecular flexibility index (Phi) is 6.30. The van der Waals surface area contributed by atoms with Crippen LogP contribution in [0, 0.1) is 6.92 Å². The van der Waals surface area contributed by atoms with Crippen LogP contribution >= 0.6 is 0 Å². The van der Waals surface area contributed by atoms with Crippen LogP contribution in [0.15, 0.2) is 64.5 Å². The molecule has 1 unspecified atom stereocenters. The number of carboxylic acids is 2. The largest absolute Gasteiger partial charge is 0.481 e. The van der Waals surface area contributed by atoms with Gasteiger partial charge in [-0.3, -0.25) is 14.5 Å². The average molecular weight is 390 g/mol. The highest BCUT2D eigenvalue weighted by Crippen LogP contribution is 2.12. The van der Waals surface area contributed by atoms with Crippen LogP contribution < -0.4 is 4.72 Å². The number of amidine groups is 1. The molecular weight excluding hydrogens is 372 g/mol. The van der Waals surface area contributed by atoms with E-state index in [2.05, 4.69) is 9.71 Å². The van der Waals surface area contributed by atoms with E-state index in [0.717, 1.165) is 5.56 Å². The van der Waals surface area contributed by atoms with Gasteiger partial charge in [0.25, 0.3) is 10.0 Å². The van der Waals surface area contributed by atoms with Crippen LogP contribution in [0.25, 0.3) is 0 Å². The number of hydrogen-bond donors (Lipinski definition) is 3. The van der Waals surface area contributed by atoms with Crippen LogP contribution in [0.2, 0.25) is 0 Å². The Hall–Kier alpha value is -3.20. The molecule has 27 heavy (non-hydrogen) atoms. The number of benzene rings is 2. The Morgan fingerprint density at radius 1 is 1.04 bits per heavy atom. The summed E-state index contributed by atoms with van der Waals surface area (Å²) in [5, 5.41) is 18.1. The summed E-state index contributed by atoms with van der Waals surface area (Å²) in [6.45, 7) is 1.81. The summed E-state index contributed by atoms with van der Waals surface area (Å²) < 4.78 is 27.6. The summed E-state index contributed by atoms with van der Waals surface area (Å²) in [5.41, 5.74) is 1.18. The normalized spacial score (nSPS) is 13.0. The first-order valence-corrected chi connectivity index (χ1v) is 9.34. The minimum atomic E-state index is -4.05. The van der Waals surface area contributed by atoms with Crippen LogP contribution in [-0.2, 0) is 19.6 Å². The summed E-state index contributed by atoms with van der Waals surface area (Å²) in [4.78, 5) is 26.1. The molecule has 0 radical (unpaired) electrons. The second kappa shape index (κ2) is 8.45. The molecular formula is C18H18N2O6S. The minimum absolute atomic E-state index is 0.0261. The lowest BCUT2D eigenvalue weighted by Gasteiger charge is -2.14. The fraction of sp³-hybridized carbons (Fsp3) is 0.167. The molecule has 0 aliphatic heterocycles. The van der Waals surface area contributed by atoms with Gasteiger partial charge in [0, 0.05) is 5.56 Å². The van der Waals surface area contributed by atoms with Gasteiger partial charge in [-0.25, -0.2) is 13.2 Å². The number of aliphatic imine (C=N–C) groups is 1. The summed E-state index contributed by atoms with van der Waals surface area (Å²) in [5.74, 6) is -3.08. The number of hydrogen-bond acceptors (Lipinski definition) is 5. The fourth-order valence-electron chi connectivity index (χ4n) is 2.17. The Morgan fingerprint density at radius 3 is 2.15 bits per heavy atom. The van der Waals surface area contributed by atoms with Crippen molar-refractivity contribution in [2.45, 2.75) is 24.3 Å². The standard InChI is InChI=1S/C18H18N2O6S/c1-12-7-9-14(10-8-12)27(25,26)20-17(13-5-3-2-4-6-13)19-15(18(23)24)11-16(21)22/h2-10,15H,11H2,1H3,(H,19,20)(H,21,22)(H,23,24). The SMILES string of the molecule is Cc1ccc(S(=O)(=O)NC(=NC(CC(=O)O)C(=O)O)c2ccccc2)cc1. The van der Waals surface area contributed by atoms with Crippen LogP contribution in [0.5, 0.6) is 0 Å². The smallest absolute Gasteiger partial charge is 0.329 e. The molecule has 3 N–H and O–H groups in total. The maximum Gasteiger partial charge on any atom is 0.329 e. The van der Waals surface area contributed by atoms with Gasteiger partial charge >= 0.3 is 11.9 Å². The maximum absolute atomic E-state index is 12.6. The Balaban J connectivity index is 2.47. The molecule has 2 rings (SSSR count). The van der Waals surface area contributed by atoms with E-state index in [9.17, 15) is 23.1 Å². The van der Waals surface area contributed by atoms with Gasteiger partial charge in [0.1, 0.15) is 5.84 Å². The minimum Gasteiger partial charge on any atom is -0.481 e. The van der Waals surface area contributed by atoms with E-state index >= 15 is 0 Å². The molecule has 2 aromatic carbocycles. The fourth-order valence-corrected chi connectivity index (χ4v) is 3.21.